The summed E-state index contributed by atoms with van der Waals surface area (Å²) >= 11 is 16.7. The average Bonchev–Trinajstić information content (AvgIpc) is 2.46. The largest absolute Gasteiger partial charge is 0.383 e. The van der Waals surface area contributed by atoms with E-state index in [1.165, 1.54) is 6.08 Å². The number of methoxy groups -OCH3 is 1. The van der Waals surface area contributed by atoms with E-state index in [-0.39, 0.29) is 11.9 Å². The number of hydrazine groups is 1. The second-order valence-corrected chi connectivity index (χ2v) is 5.67. The summed E-state index contributed by atoms with van der Waals surface area (Å²) in [6, 6.07) is 5.12. The Morgan fingerprint density at radius 1 is 1.36 bits per heavy atom. The van der Waals surface area contributed by atoms with Crippen LogP contribution in [0.2, 0.25) is 10.0 Å². The fourth-order valence-electron chi connectivity index (χ4n) is 1.50. The molecular weight excluding hydrogens is 345 g/mol. The highest BCUT2D eigenvalue weighted by Crippen LogP contribution is 2.22. The summed E-state index contributed by atoms with van der Waals surface area (Å²) in [5, 5.41) is 4.15. The molecule has 120 valence electrons. The minimum Gasteiger partial charge on any atom is -0.383 e. The van der Waals surface area contributed by atoms with E-state index in [0.29, 0.717) is 21.8 Å². The number of benzene rings is 1. The molecule has 0 fully saturated rings. The smallest absolute Gasteiger partial charge is 0.262 e. The molecule has 1 rings (SSSR count). The molecule has 0 heterocycles. The first-order valence-corrected chi connectivity index (χ1v) is 7.57. The van der Waals surface area contributed by atoms with E-state index in [1.54, 1.807) is 31.4 Å². The van der Waals surface area contributed by atoms with Crippen LogP contribution < -0.4 is 16.2 Å². The second-order valence-electron chi connectivity index (χ2n) is 4.45. The first kappa shape index (κ1) is 18.7. The number of ether oxygens (including phenoxy) is 1. The molecule has 0 bridgehead atoms. The van der Waals surface area contributed by atoms with Crippen molar-refractivity contribution in [2.24, 2.45) is 0 Å². The van der Waals surface area contributed by atoms with Crippen LogP contribution in [0.15, 0.2) is 24.3 Å². The maximum atomic E-state index is 11.7. The predicted octanol–water partition coefficient (Wildman–Crippen LogP) is 2.54. The minimum atomic E-state index is -0.352. The van der Waals surface area contributed by atoms with Crippen molar-refractivity contribution in [3.63, 3.8) is 0 Å². The standard InChI is InChI=1S/C14H17Cl2N3O2S/c1-9(8-21-2)17-14(22)19-18-13(20)6-4-10-3-5-11(15)12(16)7-10/h3-7,9H,8H2,1-2H3,(H,18,20)(H2,17,19,22)/b6-4+/t9-/m0/s1. The SMILES string of the molecule is COC[C@H](C)NC(=S)NNC(=O)/C=C/c1ccc(Cl)c(Cl)c1. The van der Waals surface area contributed by atoms with Gasteiger partial charge in [0.1, 0.15) is 0 Å². The van der Waals surface area contributed by atoms with Crippen LogP contribution in [0.4, 0.5) is 0 Å². The lowest BCUT2D eigenvalue weighted by molar-refractivity contribution is -0.116. The summed E-state index contributed by atoms with van der Waals surface area (Å²) < 4.78 is 4.97. The number of rotatable bonds is 5. The third-order valence-electron chi connectivity index (χ3n) is 2.46. The molecule has 1 aromatic rings. The van der Waals surface area contributed by atoms with Crippen molar-refractivity contribution in [2.75, 3.05) is 13.7 Å². The normalized spacial score (nSPS) is 12.0. The molecule has 0 saturated heterocycles. The number of carbonyl (C=O) groups is 1. The van der Waals surface area contributed by atoms with Crippen molar-refractivity contribution in [2.45, 2.75) is 13.0 Å². The quantitative estimate of drug-likeness (QED) is 0.427. The van der Waals surface area contributed by atoms with Crippen molar-refractivity contribution >= 4 is 52.5 Å². The molecule has 8 heteroatoms. The lowest BCUT2D eigenvalue weighted by atomic mass is 10.2. The maximum absolute atomic E-state index is 11.7. The monoisotopic (exact) mass is 361 g/mol. The zero-order valence-corrected chi connectivity index (χ0v) is 14.5. The zero-order chi connectivity index (χ0) is 16.5. The topological polar surface area (TPSA) is 62.4 Å². The van der Waals surface area contributed by atoms with Gasteiger partial charge in [-0.05, 0) is 42.9 Å². The van der Waals surface area contributed by atoms with Crippen LogP contribution in [0.5, 0.6) is 0 Å². The Bertz CT molecular complexity index is 567. The van der Waals surface area contributed by atoms with Gasteiger partial charge in [-0.2, -0.15) is 0 Å². The molecule has 0 aliphatic carbocycles. The first-order valence-electron chi connectivity index (χ1n) is 6.41. The third kappa shape index (κ3) is 7.09. The molecule has 0 aromatic heterocycles. The minimum absolute atomic E-state index is 0.0358. The van der Waals surface area contributed by atoms with Crippen LogP contribution >= 0.6 is 35.4 Å². The predicted molar refractivity (Wildman–Crippen MR) is 93.8 cm³/mol. The summed E-state index contributed by atoms with van der Waals surface area (Å²) in [6.07, 6.45) is 2.97. The van der Waals surface area contributed by atoms with Gasteiger partial charge < -0.3 is 10.1 Å². The highest BCUT2D eigenvalue weighted by molar-refractivity contribution is 7.80. The van der Waals surface area contributed by atoms with Gasteiger partial charge in [-0.15, -0.1) is 0 Å². The van der Waals surface area contributed by atoms with E-state index >= 15 is 0 Å². The number of thiocarbonyl (C=S) groups is 1. The van der Waals surface area contributed by atoms with Crippen molar-refractivity contribution in [3.05, 3.63) is 39.9 Å². The Morgan fingerprint density at radius 2 is 2.09 bits per heavy atom. The van der Waals surface area contributed by atoms with Gasteiger partial charge in [-0.3, -0.25) is 15.6 Å². The van der Waals surface area contributed by atoms with Gasteiger partial charge in [0, 0.05) is 19.2 Å². The van der Waals surface area contributed by atoms with Gasteiger partial charge >= 0.3 is 0 Å². The molecule has 0 spiro atoms. The number of nitrogens with one attached hydrogen (secondary N) is 3. The highest BCUT2D eigenvalue weighted by Gasteiger charge is 2.03. The molecule has 1 atom stereocenters. The van der Waals surface area contributed by atoms with Crippen molar-refractivity contribution in [1.29, 1.82) is 0 Å². The van der Waals surface area contributed by atoms with Crippen LogP contribution in [0.1, 0.15) is 12.5 Å². The lowest BCUT2D eigenvalue weighted by Gasteiger charge is -2.15. The lowest BCUT2D eigenvalue weighted by Crippen LogP contribution is -2.49. The van der Waals surface area contributed by atoms with Crippen molar-refractivity contribution in [1.82, 2.24) is 16.2 Å². The van der Waals surface area contributed by atoms with Gasteiger partial charge in [-0.25, -0.2) is 0 Å². The summed E-state index contributed by atoms with van der Waals surface area (Å²) in [4.78, 5) is 11.7. The second kappa shape index (κ2) is 9.63. The molecule has 1 aromatic carbocycles. The summed E-state index contributed by atoms with van der Waals surface area (Å²) in [6.45, 7) is 2.41. The van der Waals surface area contributed by atoms with E-state index in [0.717, 1.165) is 5.56 Å². The molecule has 22 heavy (non-hydrogen) atoms. The number of carbonyl (C=O) groups excluding carboxylic acids is 1. The summed E-state index contributed by atoms with van der Waals surface area (Å²) in [5.74, 6) is -0.352. The Kier molecular flexibility index (Phi) is 8.19. The van der Waals surface area contributed by atoms with Crippen LogP contribution in [-0.2, 0) is 9.53 Å². The van der Waals surface area contributed by atoms with E-state index in [2.05, 4.69) is 16.2 Å². The van der Waals surface area contributed by atoms with Crippen LogP contribution in [0.3, 0.4) is 0 Å². The maximum Gasteiger partial charge on any atom is 0.262 e. The fraction of sp³-hybridized carbons (Fsp3) is 0.286. The fourth-order valence-corrected chi connectivity index (χ4v) is 2.06. The van der Waals surface area contributed by atoms with E-state index in [9.17, 15) is 4.79 Å². The van der Waals surface area contributed by atoms with E-state index < -0.39 is 0 Å². The average molecular weight is 362 g/mol. The molecule has 0 aliphatic rings. The van der Waals surface area contributed by atoms with Crippen molar-refractivity contribution in [3.8, 4) is 0 Å². The molecular formula is C14H17Cl2N3O2S. The Labute approximate surface area is 145 Å². The van der Waals surface area contributed by atoms with Gasteiger partial charge in [0.15, 0.2) is 5.11 Å². The van der Waals surface area contributed by atoms with E-state index in [1.807, 2.05) is 6.92 Å². The molecule has 0 radical (unpaired) electrons. The Hall–Kier alpha value is -1.34. The molecule has 0 unspecified atom stereocenters. The first-order chi connectivity index (χ1) is 10.4. The van der Waals surface area contributed by atoms with Crippen LogP contribution in [0, 0.1) is 0 Å². The number of hydrogen-bond acceptors (Lipinski definition) is 3. The highest BCUT2D eigenvalue weighted by atomic mass is 35.5. The Balaban J connectivity index is 2.41. The summed E-state index contributed by atoms with van der Waals surface area (Å²) in [5.41, 5.74) is 5.81. The number of amides is 1. The Morgan fingerprint density at radius 3 is 2.73 bits per heavy atom. The molecule has 0 saturated carbocycles. The molecule has 3 N–H and O–H groups in total. The number of hydrogen-bond donors (Lipinski definition) is 3. The molecule has 5 nitrogen and oxygen atoms in total. The molecule has 1 amide bonds. The van der Waals surface area contributed by atoms with E-state index in [4.69, 9.17) is 40.2 Å². The van der Waals surface area contributed by atoms with Gasteiger partial charge in [-0.1, -0.05) is 29.3 Å². The van der Waals surface area contributed by atoms with Gasteiger partial charge in [0.05, 0.1) is 16.7 Å². The van der Waals surface area contributed by atoms with Crippen molar-refractivity contribution < 1.29 is 9.53 Å². The van der Waals surface area contributed by atoms with Gasteiger partial charge in [0.2, 0.25) is 0 Å². The summed E-state index contributed by atoms with van der Waals surface area (Å²) in [7, 11) is 1.60. The van der Waals surface area contributed by atoms with Crippen LogP contribution in [0.25, 0.3) is 6.08 Å². The zero-order valence-electron chi connectivity index (χ0n) is 12.2. The molecule has 0 aliphatic heterocycles. The van der Waals surface area contributed by atoms with Crippen LogP contribution in [-0.4, -0.2) is 30.8 Å². The van der Waals surface area contributed by atoms with Gasteiger partial charge in [0.25, 0.3) is 5.91 Å². The number of halogens is 2. The third-order valence-corrected chi connectivity index (χ3v) is 3.42.